The smallest absolute Gasteiger partial charge is 0.335 e. The molecule has 1 aliphatic rings. The largest absolute Gasteiger partial charge is 0.478 e. The van der Waals surface area contributed by atoms with Gasteiger partial charge in [-0.1, -0.05) is 0 Å². The lowest BCUT2D eigenvalue weighted by Gasteiger charge is -2.24. The van der Waals surface area contributed by atoms with Gasteiger partial charge < -0.3 is 10.4 Å². The number of carbonyl (C=O) groups is 1. The summed E-state index contributed by atoms with van der Waals surface area (Å²) >= 11 is 0. The zero-order valence-electron chi connectivity index (χ0n) is 9.99. The summed E-state index contributed by atoms with van der Waals surface area (Å²) in [6, 6.07) is 1.43. The second-order valence-electron chi connectivity index (χ2n) is 4.39. The SMILES string of the molecule is O=C(O)c1cc(F)c(NC2CCS(=O)CC2)c(F)c1. The number of benzene rings is 1. The second-order valence-corrected chi connectivity index (χ2v) is 6.08. The standard InChI is InChI=1S/C12H13F2NO3S/c13-9-5-7(12(16)17)6-10(14)11(9)15-8-1-3-19(18)4-2-8/h5-6,8,15H,1-4H2,(H,16,17). The summed E-state index contributed by atoms with van der Waals surface area (Å²) in [6.45, 7) is 0. The highest BCUT2D eigenvalue weighted by Gasteiger charge is 2.21. The van der Waals surface area contributed by atoms with Crippen molar-refractivity contribution in [3.05, 3.63) is 29.3 Å². The fourth-order valence-corrected chi connectivity index (χ4v) is 3.28. The summed E-state index contributed by atoms with van der Waals surface area (Å²) in [5, 5.41) is 11.4. The zero-order valence-corrected chi connectivity index (χ0v) is 10.8. The Hall–Kier alpha value is -1.50. The predicted octanol–water partition coefficient (Wildman–Crippen LogP) is 1.99. The molecule has 1 fully saturated rings. The minimum absolute atomic E-state index is 0.141. The van der Waals surface area contributed by atoms with E-state index < -0.39 is 34.0 Å². The fourth-order valence-electron chi connectivity index (χ4n) is 1.98. The molecule has 0 radical (unpaired) electrons. The van der Waals surface area contributed by atoms with Crippen LogP contribution in [0.1, 0.15) is 23.2 Å². The van der Waals surface area contributed by atoms with Crippen molar-refractivity contribution >= 4 is 22.5 Å². The molecule has 2 rings (SSSR count). The van der Waals surface area contributed by atoms with Crippen LogP contribution in [0, 0.1) is 11.6 Å². The summed E-state index contributed by atoms with van der Waals surface area (Å²) < 4.78 is 38.5. The van der Waals surface area contributed by atoms with Crippen molar-refractivity contribution in [3.8, 4) is 0 Å². The summed E-state index contributed by atoms with van der Waals surface area (Å²) in [7, 11) is -0.845. The molecule has 7 heteroatoms. The molecule has 2 N–H and O–H groups in total. The number of hydrogen-bond acceptors (Lipinski definition) is 3. The molecule has 1 aromatic rings. The van der Waals surface area contributed by atoms with Gasteiger partial charge in [0.05, 0.1) is 5.56 Å². The Morgan fingerprint density at radius 2 is 1.79 bits per heavy atom. The van der Waals surface area contributed by atoms with Crippen molar-refractivity contribution in [2.45, 2.75) is 18.9 Å². The van der Waals surface area contributed by atoms with E-state index in [4.69, 9.17) is 5.11 Å². The fraction of sp³-hybridized carbons (Fsp3) is 0.417. The number of carboxylic acid groups (broad SMARTS) is 1. The molecule has 0 spiro atoms. The molecule has 0 saturated carbocycles. The van der Waals surface area contributed by atoms with Crippen LogP contribution in [0.4, 0.5) is 14.5 Å². The maximum absolute atomic E-state index is 13.7. The topological polar surface area (TPSA) is 66.4 Å². The maximum Gasteiger partial charge on any atom is 0.335 e. The Morgan fingerprint density at radius 3 is 2.26 bits per heavy atom. The van der Waals surface area contributed by atoms with Gasteiger partial charge in [-0.2, -0.15) is 0 Å². The molecule has 0 aliphatic carbocycles. The first-order valence-corrected chi connectivity index (χ1v) is 7.30. The molecule has 1 aliphatic heterocycles. The van der Waals surface area contributed by atoms with Crippen LogP contribution in [0.25, 0.3) is 0 Å². The zero-order chi connectivity index (χ0) is 14.0. The molecular weight excluding hydrogens is 276 g/mol. The predicted molar refractivity (Wildman–Crippen MR) is 67.8 cm³/mol. The molecule has 1 heterocycles. The molecule has 0 amide bonds. The lowest BCUT2D eigenvalue weighted by molar-refractivity contribution is 0.0696. The van der Waals surface area contributed by atoms with Crippen LogP contribution in [-0.2, 0) is 10.8 Å². The number of hydrogen-bond donors (Lipinski definition) is 2. The van der Waals surface area contributed by atoms with Crippen molar-refractivity contribution in [3.63, 3.8) is 0 Å². The normalized spacial score (nSPS) is 23.1. The first-order valence-electron chi connectivity index (χ1n) is 5.81. The van der Waals surface area contributed by atoms with E-state index in [1.807, 2.05) is 0 Å². The second kappa shape index (κ2) is 5.64. The summed E-state index contributed by atoms with van der Waals surface area (Å²) in [5.41, 5.74) is -0.743. The summed E-state index contributed by atoms with van der Waals surface area (Å²) in [5.74, 6) is -2.21. The van der Waals surface area contributed by atoms with E-state index in [0.29, 0.717) is 24.3 Å². The third-order valence-electron chi connectivity index (χ3n) is 3.03. The van der Waals surface area contributed by atoms with Gasteiger partial charge in [-0.3, -0.25) is 4.21 Å². The molecule has 104 valence electrons. The van der Waals surface area contributed by atoms with Crippen molar-refractivity contribution < 1.29 is 22.9 Å². The highest BCUT2D eigenvalue weighted by atomic mass is 32.2. The first-order chi connectivity index (χ1) is 8.97. The van der Waals surface area contributed by atoms with Crippen molar-refractivity contribution in [2.75, 3.05) is 16.8 Å². The number of carboxylic acids is 1. The van der Waals surface area contributed by atoms with Crippen molar-refractivity contribution in [1.29, 1.82) is 0 Å². The maximum atomic E-state index is 13.7. The minimum atomic E-state index is -1.38. The number of anilines is 1. The van der Waals surface area contributed by atoms with Crippen LogP contribution in [0.15, 0.2) is 12.1 Å². The monoisotopic (exact) mass is 289 g/mol. The summed E-state index contributed by atoms with van der Waals surface area (Å²) in [4.78, 5) is 10.7. The van der Waals surface area contributed by atoms with Gasteiger partial charge in [0.25, 0.3) is 0 Å². The molecular formula is C12H13F2NO3S. The number of rotatable bonds is 3. The van der Waals surface area contributed by atoms with Gasteiger partial charge in [0.2, 0.25) is 0 Å². The van der Waals surface area contributed by atoms with Gasteiger partial charge in [-0.15, -0.1) is 0 Å². The third-order valence-corrected chi connectivity index (χ3v) is 4.41. The van der Waals surface area contributed by atoms with Gasteiger partial charge in [-0.05, 0) is 25.0 Å². The van der Waals surface area contributed by atoms with Crippen LogP contribution in [0.2, 0.25) is 0 Å². The Kier molecular flexibility index (Phi) is 4.14. The van der Waals surface area contributed by atoms with Crippen LogP contribution in [0.3, 0.4) is 0 Å². The van der Waals surface area contributed by atoms with Crippen LogP contribution >= 0.6 is 0 Å². The van der Waals surface area contributed by atoms with E-state index in [0.717, 1.165) is 12.1 Å². The van der Waals surface area contributed by atoms with Gasteiger partial charge >= 0.3 is 5.97 Å². The average molecular weight is 289 g/mol. The van der Waals surface area contributed by atoms with Crippen molar-refractivity contribution in [2.24, 2.45) is 0 Å². The van der Waals surface area contributed by atoms with Gasteiger partial charge in [-0.25, -0.2) is 13.6 Å². The molecule has 0 unspecified atom stereocenters. The summed E-state index contributed by atoms with van der Waals surface area (Å²) in [6.07, 6.45) is 1.15. The molecule has 0 bridgehead atoms. The molecule has 4 nitrogen and oxygen atoms in total. The number of halogens is 2. The number of nitrogens with one attached hydrogen (secondary N) is 1. The van der Waals surface area contributed by atoms with E-state index >= 15 is 0 Å². The van der Waals surface area contributed by atoms with E-state index in [2.05, 4.69) is 5.32 Å². The average Bonchev–Trinajstić information content (AvgIpc) is 2.35. The van der Waals surface area contributed by atoms with E-state index in [1.54, 1.807) is 0 Å². The van der Waals surface area contributed by atoms with Crippen LogP contribution < -0.4 is 5.32 Å². The molecule has 0 atom stereocenters. The lowest BCUT2D eigenvalue weighted by Crippen LogP contribution is -2.30. The Labute approximate surface area is 111 Å². The van der Waals surface area contributed by atoms with Gasteiger partial charge in [0.15, 0.2) is 0 Å². The lowest BCUT2D eigenvalue weighted by atomic mass is 10.1. The highest BCUT2D eigenvalue weighted by Crippen LogP contribution is 2.24. The van der Waals surface area contributed by atoms with E-state index in [1.165, 1.54) is 0 Å². The van der Waals surface area contributed by atoms with Crippen molar-refractivity contribution in [1.82, 2.24) is 0 Å². The minimum Gasteiger partial charge on any atom is -0.478 e. The van der Waals surface area contributed by atoms with Gasteiger partial charge in [0, 0.05) is 28.3 Å². The Bertz CT molecular complexity index is 503. The van der Waals surface area contributed by atoms with Crippen LogP contribution in [-0.4, -0.2) is 32.8 Å². The molecule has 19 heavy (non-hydrogen) atoms. The Balaban J connectivity index is 2.16. The van der Waals surface area contributed by atoms with E-state index in [-0.39, 0.29) is 11.7 Å². The molecule has 1 aromatic carbocycles. The van der Waals surface area contributed by atoms with Gasteiger partial charge in [0.1, 0.15) is 17.3 Å². The quantitative estimate of drug-likeness (QED) is 0.893. The highest BCUT2D eigenvalue weighted by molar-refractivity contribution is 7.85. The molecule has 0 aromatic heterocycles. The van der Waals surface area contributed by atoms with E-state index in [9.17, 15) is 17.8 Å². The number of aromatic carboxylic acids is 1. The Morgan fingerprint density at radius 1 is 1.26 bits per heavy atom. The molecule has 1 saturated heterocycles. The van der Waals surface area contributed by atoms with Crippen LogP contribution in [0.5, 0.6) is 0 Å². The third kappa shape index (κ3) is 3.28. The first kappa shape index (κ1) is 13.9.